The minimum absolute atomic E-state index is 0.00378. The van der Waals surface area contributed by atoms with E-state index in [9.17, 15) is 18.8 Å². The fourth-order valence-corrected chi connectivity index (χ4v) is 6.30. The van der Waals surface area contributed by atoms with Crippen LogP contribution in [-0.4, -0.2) is 47.9 Å². The molecule has 4 aliphatic rings. The first-order valence-electron chi connectivity index (χ1n) is 13.1. The molecular formula is C29H29FO8. The van der Waals surface area contributed by atoms with Gasteiger partial charge in [-0.25, -0.2) is 9.18 Å². The van der Waals surface area contributed by atoms with Crippen molar-refractivity contribution < 1.29 is 42.5 Å². The highest BCUT2D eigenvalue weighted by Gasteiger charge is 2.72. The Kier molecular flexibility index (Phi) is 6.13. The number of hydrogen-bond acceptors (Lipinski definition) is 8. The molecule has 9 heteroatoms. The summed E-state index contributed by atoms with van der Waals surface area (Å²) in [7, 11) is 0. The molecule has 3 aliphatic heterocycles. The molecule has 4 fully saturated rings. The van der Waals surface area contributed by atoms with Gasteiger partial charge in [-0.2, -0.15) is 0 Å². The van der Waals surface area contributed by atoms with E-state index >= 15 is 0 Å². The maximum absolute atomic E-state index is 14.7. The number of ether oxygens (including phenoxy) is 5. The average molecular weight is 525 g/mol. The van der Waals surface area contributed by atoms with Gasteiger partial charge in [-0.1, -0.05) is 32.0 Å². The molecule has 0 N–H and O–H groups in total. The molecule has 38 heavy (non-hydrogen) atoms. The van der Waals surface area contributed by atoms with Gasteiger partial charge in [0.15, 0.2) is 23.8 Å². The van der Waals surface area contributed by atoms with E-state index in [0.29, 0.717) is 5.75 Å². The van der Waals surface area contributed by atoms with Crippen molar-refractivity contribution in [2.45, 2.75) is 69.5 Å². The van der Waals surface area contributed by atoms with Crippen molar-refractivity contribution in [3.63, 3.8) is 0 Å². The van der Waals surface area contributed by atoms with Crippen molar-refractivity contribution in [2.24, 2.45) is 17.8 Å². The van der Waals surface area contributed by atoms with E-state index < -0.39 is 65.6 Å². The second-order valence-corrected chi connectivity index (χ2v) is 10.8. The van der Waals surface area contributed by atoms with E-state index in [1.54, 1.807) is 30.3 Å². The molecule has 6 unspecified atom stereocenters. The van der Waals surface area contributed by atoms with Crippen molar-refractivity contribution in [2.75, 3.05) is 0 Å². The Bertz CT molecular complexity index is 1250. The maximum Gasteiger partial charge on any atom is 0.338 e. The fourth-order valence-electron chi connectivity index (χ4n) is 6.30. The molecule has 2 aromatic rings. The van der Waals surface area contributed by atoms with E-state index in [-0.39, 0.29) is 17.2 Å². The van der Waals surface area contributed by atoms with Crippen LogP contribution in [0.15, 0.2) is 48.5 Å². The first kappa shape index (κ1) is 24.9. The summed E-state index contributed by atoms with van der Waals surface area (Å²) >= 11 is 0. The number of para-hydroxylation sites is 1. The number of carbonyl (C=O) groups excluding carboxylic acids is 3. The number of hydrogen-bond donors (Lipinski definition) is 0. The van der Waals surface area contributed by atoms with E-state index in [1.165, 1.54) is 18.2 Å². The molecule has 2 bridgehead atoms. The highest BCUT2D eigenvalue weighted by Crippen LogP contribution is 2.51. The van der Waals surface area contributed by atoms with Gasteiger partial charge in [0.25, 0.3) is 0 Å². The van der Waals surface area contributed by atoms with Gasteiger partial charge in [0.1, 0.15) is 35.4 Å². The normalized spacial score (nSPS) is 30.4. The zero-order chi connectivity index (χ0) is 26.6. The van der Waals surface area contributed by atoms with E-state index in [1.807, 2.05) is 13.8 Å². The van der Waals surface area contributed by atoms with Gasteiger partial charge in [0, 0.05) is 0 Å². The summed E-state index contributed by atoms with van der Waals surface area (Å²) in [6.45, 7) is 4.09. The van der Waals surface area contributed by atoms with Gasteiger partial charge < -0.3 is 23.7 Å². The smallest absolute Gasteiger partial charge is 0.338 e. The Morgan fingerprint density at radius 2 is 1.76 bits per heavy atom. The number of rotatable bonds is 7. The summed E-state index contributed by atoms with van der Waals surface area (Å²) in [6, 6.07) is 12.3. The molecule has 1 aliphatic carbocycles. The highest BCUT2D eigenvalue weighted by molar-refractivity contribution is 5.91. The van der Waals surface area contributed by atoms with Gasteiger partial charge in [0.2, 0.25) is 0 Å². The second-order valence-electron chi connectivity index (χ2n) is 10.8. The standard InChI is InChI=1S/C29H29FO8/c1-15(2)29(12-6-7-13-29)38-19-14-16(10-11-18(19)30)26(31)36-24-22-20(21-23(35-22)25(24)37-28(21)33)27(32)34-17-8-4-3-5-9-17/h3-5,8-11,14-15,20-25H,6-7,12-13H2,1-2H3. The molecule has 3 saturated heterocycles. The number of benzene rings is 2. The van der Waals surface area contributed by atoms with Gasteiger partial charge >= 0.3 is 17.9 Å². The topological polar surface area (TPSA) is 97.4 Å². The Hall–Kier alpha value is -3.46. The molecule has 6 rings (SSSR count). The molecule has 0 amide bonds. The Morgan fingerprint density at radius 3 is 2.47 bits per heavy atom. The highest BCUT2D eigenvalue weighted by atomic mass is 19.1. The lowest BCUT2D eigenvalue weighted by molar-refractivity contribution is -0.149. The number of esters is 3. The minimum Gasteiger partial charge on any atom is -0.484 e. The predicted molar refractivity (Wildman–Crippen MR) is 130 cm³/mol. The third kappa shape index (κ3) is 4.04. The van der Waals surface area contributed by atoms with E-state index in [0.717, 1.165) is 25.7 Å². The fraction of sp³-hybridized carbons (Fsp3) is 0.483. The largest absolute Gasteiger partial charge is 0.484 e. The van der Waals surface area contributed by atoms with Crippen LogP contribution in [-0.2, 0) is 23.8 Å². The SMILES string of the molecule is CC(C)C1(Oc2cc(C(=O)OC3C4OC(=O)C5C4OC3C5C(=O)Oc3ccccc3)ccc2F)CCCC1. The first-order valence-corrected chi connectivity index (χ1v) is 13.1. The lowest BCUT2D eigenvalue weighted by Gasteiger charge is -2.34. The molecule has 0 spiro atoms. The summed E-state index contributed by atoms with van der Waals surface area (Å²) < 4.78 is 43.5. The molecule has 6 atom stereocenters. The van der Waals surface area contributed by atoms with Crippen LogP contribution in [0.4, 0.5) is 4.39 Å². The van der Waals surface area contributed by atoms with Crippen LogP contribution >= 0.6 is 0 Å². The van der Waals surface area contributed by atoms with Crippen molar-refractivity contribution in [1.29, 1.82) is 0 Å². The monoisotopic (exact) mass is 524 g/mol. The zero-order valence-electron chi connectivity index (χ0n) is 21.1. The summed E-state index contributed by atoms with van der Waals surface area (Å²) in [5, 5.41) is 0. The van der Waals surface area contributed by atoms with Crippen LogP contribution in [0.5, 0.6) is 11.5 Å². The van der Waals surface area contributed by atoms with Gasteiger partial charge in [-0.15, -0.1) is 0 Å². The predicted octanol–water partition coefficient (Wildman–Crippen LogP) is 4.24. The van der Waals surface area contributed by atoms with Gasteiger partial charge in [-0.3, -0.25) is 9.59 Å². The molecule has 8 nitrogen and oxygen atoms in total. The number of halogens is 1. The third-order valence-corrected chi connectivity index (χ3v) is 8.36. The third-order valence-electron chi connectivity index (χ3n) is 8.36. The van der Waals surface area contributed by atoms with Crippen molar-refractivity contribution in [3.8, 4) is 11.5 Å². The number of fused-ring (bicyclic) bond motifs is 1. The quantitative estimate of drug-likeness (QED) is 0.392. The first-order chi connectivity index (χ1) is 18.3. The molecule has 200 valence electrons. The van der Waals surface area contributed by atoms with Crippen molar-refractivity contribution >= 4 is 17.9 Å². The summed E-state index contributed by atoms with van der Waals surface area (Å²) in [4.78, 5) is 38.9. The summed E-state index contributed by atoms with van der Waals surface area (Å²) in [6.07, 6.45) is 0.197. The van der Waals surface area contributed by atoms with Crippen LogP contribution in [0.2, 0.25) is 0 Å². The molecular weight excluding hydrogens is 495 g/mol. The molecule has 1 saturated carbocycles. The van der Waals surface area contributed by atoms with Crippen LogP contribution in [0.25, 0.3) is 0 Å². The van der Waals surface area contributed by atoms with Crippen molar-refractivity contribution in [1.82, 2.24) is 0 Å². The zero-order valence-corrected chi connectivity index (χ0v) is 21.1. The lowest BCUT2D eigenvalue weighted by atomic mass is 9.78. The van der Waals surface area contributed by atoms with Gasteiger partial charge in [-0.05, 0) is 61.9 Å². The Balaban J connectivity index is 1.21. The maximum atomic E-state index is 14.7. The van der Waals surface area contributed by atoms with Crippen LogP contribution in [0.3, 0.4) is 0 Å². The molecule has 0 radical (unpaired) electrons. The number of carbonyl (C=O) groups is 3. The van der Waals surface area contributed by atoms with Gasteiger partial charge in [0.05, 0.1) is 5.56 Å². The van der Waals surface area contributed by atoms with E-state index in [4.69, 9.17) is 23.7 Å². The van der Waals surface area contributed by atoms with Crippen LogP contribution in [0.1, 0.15) is 49.9 Å². The van der Waals surface area contributed by atoms with Crippen molar-refractivity contribution in [3.05, 3.63) is 59.9 Å². The summed E-state index contributed by atoms with van der Waals surface area (Å²) in [5.41, 5.74) is -0.397. The average Bonchev–Trinajstić information content (AvgIpc) is 3.65. The van der Waals surface area contributed by atoms with Crippen LogP contribution < -0.4 is 9.47 Å². The molecule has 3 heterocycles. The van der Waals surface area contributed by atoms with Crippen LogP contribution in [0, 0.1) is 23.6 Å². The molecule has 2 aromatic carbocycles. The Labute approximate surface area is 219 Å². The molecule has 0 aromatic heterocycles. The summed E-state index contributed by atoms with van der Waals surface area (Å²) in [5.74, 6) is -3.85. The lowest BCUT2D eigenvalue weighted by Crippen LogP contribution is -2.48. The Morgan fingerprint density at radius 1 is 1.03 bits per heavy atom. The van der Waals surface area contributed by atoms with E-state index in [2.05, 4.69) is 0 Å². The minimum atomic E-state index is -1.00. The second kappa shape index (κ2) is 9.38.